The molecule has 2 N–H and O–H groups in total. The molecule has 0 bridgehead atoms. The van der Waals surface area contributed by atoms with Crippen LogP contribution in [0.15, 0.2) is 48.5 Å². The monoisotopic (exact) mass is 414 g/mol. The molecule has 164 valence electrons. The molecule has 0 spiro atoms. The molecule has 3 rings (SSSR count). The average Bonchev–Trinajstić information content (AvgIpc) is 2.74. The van der Waals surface area contributed by atoms with Crippen LogP contribution in [0.2, 0.25) is 0 Å². The van der Waals surface area contributed by atoms with Crippen LogP contribution in [0.25, 0.3) is 0 Å². The zero-order valence-corrected chi connectivity index (χ0v) is 18.0. The standard InChI is InChI=1S/C24H34N2O4/c1-19-7-3-5-9-23(19)29-17-21(27)15-25-11-13-26(14-12-25)16-22(28)18-30-24-10-6-4-8-20(24)2/h3-10,21-22,27-28H,11-18H2,1-2H3/t21-,22-/m1/s1. The van der Waals surface area contributed by atoms with Crippen molar-refractivity contribution in [2.24, 2.45) is 0 Å². The van der Waals surface area contributed by atoms with E-state index in [1.807, 2.05) is 62.4 Å². The van der Waals surface area contributed by atoms with Gasteiger partial charge in [0.2, 0.25) is 0 Å². The number of β-amino-alcohol motifs (C(OH)–C–C–N with tert-alkyl or cyclic N) is 2. The van der Waals surface area contributed by atoms with Gasteiger partial charge in [0.25, 0.3) is 0 Å². The van der Waals surface area contributed by atoms with Gasteiger partial charge in [0.15, 0.2) is 0 Å². The fraction of sp³-hybridized carbons (Fsp3) is 0.500. The molecular formula is C24H34N2O4. The van der Waals surface area contributed by atoms with Gasteiger partial charge in [0, 0.05) is 39.3 Å². The van der Waals surface area contributed by atoms with Crippen molar-refractivity contribution in [2.75, 3.05) is 52.5 Å². The van der Waals surface area contributed by atoms with Crippen molar-refractivity contribution >= 4 is 0 Å². The highest BCUT2D eigenvalue weighted by atomic mass is 16.5. The third-order valence-electron chi connectivity index (χ3n) is 5.45. The second-order valence-electron chi connectivity index (χ2n) is 8.06. The summed E-state index contributed by atoms with van der Waals surface area (Å²) in [6.07, 6.45) is -1.05. The van der Waals surface area contributed by atoms with E-state index < -0.39 is 12.2 Å². The maximum atomic E-state index is 10.3. The lowest BCUT2D eigenvalue weighted by molar-refractivity contribution is 0.0239. The van der Waals surface area contributed by atoms with Gasteiger partial charge in [-0.05, 0) is 37.1 Å². The minimum atomic E-state index is -0.524. The number of aliphatic hydroxyl groups is 2. The summed E-state index contributed by atoms with van der Waals surface area (Å²) < 4.78 is 11.5. The van der Waals surface area contributed by atoms with Crippen molar-refractivity contribution in [1.29, 1.82) is 0 Å². The second-order valence-corrected chi connectivity index (χ2v) is 8.06. The summed E-state index contributed by atoms with van der Waals surface area (Å²) in [5.74, 6) is 1.64. The van der Waals surface area contributed by atoms with Crippen molar-refractivity contribution in [3.05, 3.63) is 59.7 Å². The molecule has 30 heavy (non-hydrogen) atoms. The van der Waals surface area contributed by atoms with E-state index in [0.29, 0.717) is 26.3 Å². The summed E-state index contributed by atoms with van der Waals surface area (Å²) in [4.78, 5) is 4.50. The van der Waals surface area contributed by atoms with Crippen LogP contribution in [0.1, 0.15) is 11.1 Å². The van der Waals surface area contributed by atoms with Crippen LogP contribution in [0.3, 0.4) is 0 Å². The predicted octanol–water partition coefficient (Wildman–Crippen LogP) is 2.10. The minimum Gasteiger partial charge on any atom is -0.491 e. The molecule has 0 aromatic heterocycles. The first-order valence-electron chi connectivity index (χ1n) is 10.7. The first-order valence-corrected chi connectivity index (χ1v) is 10.7. The fourth-order valence-electron chi connectivity index (χ4n) is 3.66. The molecule has 1 aliphatic heterocycles. The SMILES string of the molecule is Cc1ccccc1OC[C@H](O)CN1CCN(C[C@@H](O)COc2ccccc2C)CC1. The summed E-state index contributed by atoms with van der Waals surface area (Å²) in [7, 11) is 0. The van der Waals surface area contributed by atoms with E-state index in [2.05, 4.69) is 9.80 Å². The Bertz CT molecular complexity index is 712. The van der Waals surface area contributed by atoms with Gasteiger partial charge < -0.3 is 19.7 Å². The van der Waals surface area contributed by atoms with E-state index in [9.17, 15) is 10.2 Å². The van der Waals surface area contributed by atoms with Gasteiger partial charge in [-0.1, -0.05) is 36.4 Å². The van der Waals surface area contributed by atoms with Crippen LogP contribution in [0.5, 0.6) is 11.5 Å². The largest absolute Gasteiger partial charge is 0.491 e. The lowest BCUT2D eigenvalue weighted by atomic mass is 10.2. The summed E-state index contributed by atoms with van der Waals surface area (Å²) in [5, 5.41) is 20.7. The third kappa shape index (κ3) is 6.99. The van der Waals surface area contributed by atoms with Gasteiger partial charge in [-0.15, -0.1) is 0 Å². The van der Waals surface area contributed by atoms with Crippen LogP contribution >= 0.6 is 0 Å². The lowest BCUT2D eigenvalue weighted by Gasteiger charge is -2.36. The van der Waals surface area contributed by atoms with E-state index in [1.54, 1.807) is 0 Å². The Morgan fingerprint density at radius 1 is 0.700 bits per heavy atom. The van der Waals surface area contributed by atoms with Crippen molar-refractivity contribution in [3.8, 4) is 11.5 Å². The van der Waals surface area contributed by atoms with Gasteiger partial charge in [-0.25, -0.2) is 0 Å². The Labute approximate surface area is 179 Å². The van der Waals surface area contributed by atoms with Gasteiger partial charge in [0.1, 0.15) is 36.9 Å². The van der Waals surface area contributed by atoms with Gasteiger partial charge >= 0.3 is 0 Å². The normalized spacial score (nSPS) is 17.5. The van der Waals surface area contributed by atoms with Gasteiger partial charge in [-0.3, -0.25) is 9.80 Å². The van der Waals surface area contributed by atoms with Crippen molar-refractivity contribution < 1.29 is 19.7 Å². The topological polar surface area (TPSA) is 65.4 Å². The van der Waals surface area contributed by atoms with Crippen LogP contribution in [0, 0.1) is 13.8 Å². The number of para-hydroxylation sites is 2. The fourth-order valence-corrected chi connectivity index (χ4v) is 3.66. The highest BCUT2D eigenvalue weighted by molar-refractivity contribution is 5.32. The maximum Gasteiger partial charge on any atom is 0.122 e. The molecule has 0 radical (unpaired) electrons. The Morgan fingerprint density at radius 2 is 1.07 bits per heavy atom. The van der Waals surface area contributed by atoms with Crippen molar-refractivity contribution in [1.82, 2.24) is 9.80 Å². The van der Waals surface area contributed by atoms with Crippen molar-refractivity contribution in [3.63, 3.8) is 0 Å². The molecule has 2 atom stereocenters. The molecule has 2 aromatic carbocycles. The Morgan fingerprint density at radius 3 is 1.43 bits per heavy atom. The minimum absolute atomic E-state index is 0.292. The number of hydrogen-bond acceptors (Lipinski definition) is 6. The summed E-state index contributed by atoms with van der Waals surface area (Å²) in [5.41, 5.74) is 2.14. The molecule has 6 heteroatoms. The number of ether oxygens (including phenoxy) is 2. The summed E-state index contributed by atoms with van der Waals surface area (Å²) >= 11 is 0. The number of aryl methyl sites for hydroxylation is 2. The maximum absolute atomic E-state index is 10.3. The quantitative estimate of drug-likeness (QED) is 0.621. The van der Waals surface area contributed by atoms with E-state index in [-0.39, 0.29) is 0 Å². The zero-order chi connectivity index (χ0) is 21.3. The van der Waals surface area contributed by atoms with E-state index in [4.69, 9.17) is 9.47 Å². The molecule has 1 heterocycles. The van der Waals surface area contributed by atoms with E-state index >= 15 is 0 Å². The Balaban J connectivity index is 1.32. The predicted molar refractivity (Wildman–Crippen MR) is 118 cm³/mol. The van der Waals surface area contributed by atoms with E-state index in [0.717, 1.165) is 48.8 Å². The molecule has 2 aromatic rings. The number of nitrogens with zero attached hydrogens (tertiary/aromatic N) is 2. The number of benzene rings is 2. The van der Waals surface area contributed by atoms with Gasteiger partial charge in [0.05, 0.1) is 0 Å². The summed E-state index contributed by atoms with van der Waals surface area (Å²) in [6, 6.07) is 15.7. The summed E-state index contributed by atoms with van der Waals surface area (Å²) in [6.45, 7) is 9.25. The van der Waals surface area contributed by atoms with Crippen molar-refractivity contribution in [2.45, 2.75) is 26.1 Å². The van der Waals surface area contributed by atoms with Crippen LogP contribution in [-0.2, 0) is 0 Å². The first kappa shape index (κ1) is 22.6. The highest BCUT2D eigenvalue weighted by Gasteiger charge is 2.21. The molecule has 6 nitrogen and oxygen atoms in total. The molecule has 0 unspecified atom stereocenters. The Kier molecular flexibility index (Phi) is 8.51. The highest BCUT2D eigenvalue weighted by Crippen LogP contribution is 2.17. The lowest BCUT2D eigenvalue weighted by Crippen LogP contribution is -2.51. The van der Waals surface area contributed by atoms with Crippen LogP contribution in [0.4, 0.5) is 0 Å². The molecular weight excluding hydrogens is 380 g/mol. The Hall–Kier alpha value is -2.12. The molecule has 1 saturated heterocycles. The number of rotatable bonds is 10. The molecule has 1 aliphatic rings. The number of piperazine rings is 1. The first-order chi connectivity index (χ1) is 14.5. The molecule has 0 saturated carbocycles. The number of aliphatic hydroxyl groups excluding tert-OH is 2. The molecule has 0 amide bonds. The van der Waals surface area contributed by atoms with E-state index in [1.165, 1.54) is 0 Å². The molecule has 0 aliphatic carbocycles. The third-order valence-corrected chi connectivity index (χ3v) is 5.45. The number of hydrogen-bond donors (Lipinski definition) is 2. The van der Waals surface area contributed by atoms with Gasteiger partial charge in [-0.2, -0.15) is 0 Å². The molecule has 1 fully saturated rings. The zero-order valence-electron chi connectivity index (χ0n) is 18.0. The van der Waals surface area contributed by atoms with Crippen LogP contribution in [-0.4, -0.2) is 84.7 Å². The average molecular weight is 415 g/mol. The second kappa shape index (κ2) is 11.3. The smallest absolute Gasteiger partial charge is 0.122 e. The van der Waals surface area contributed by atoms with Crippen LogP contribution < -0.4 is 9.47 Å².